The molecule has 1 saturated heterocycles. The number of piperidine rings is 1. The lowest BCUT2D eigenvalue weighted by Gasteiger charge is -2.21. The van der Waals surface area contributed by atoms with Gasteiger partial charge in [-0.15, -0.1) is 0 Å². The van der Waals surface area contributed by atoms with E-state index in [0.717, 1.165) is 37.3 Å². The Morgan fingerprint density at radius 3 is 2.79 bits per heavy atom. The van der Waals surface area contributed by atoms with Crippen molar-refractivity contribution in [3.63, 3.8) is 0 Å². The topological polar surface area (TPSA) is 80.9 Å². The average Bonchev–Trinajstić information content (AvgIpc) is 3.26. The van der Waals surface area contributed by atoms with Gasteiger partial charge in [-0.25, -0.2) is 9.97 Å². The van der Waals surface area contributed by atoms with Gasteiger partial charge in [0.1, 0.15) is 5.82 Å². The molecule has 1 N–H and O–H groups in total. The Bertz CT molecular complexity index is 1250. The quantitative estimate of drug-likeness (QED) is 0.619. The number of rotatable bonds is 5. The number of amides is 1. The molecule has 1 amide bonds. The summed E-state index contributed by atoms with van der Waals surface area (Å²) in [5.74, 6) is 1.23. The maximum absolute atomic E-state index is 13.8. The van der Waals surface area contributed by atoms with E-state index in [1.165, 1.54) is 29.6 Å². The number of aryl methyl sites for hydroxylation is 1. The van der Waals surface area contributed by atoms with Crippen molar-refractivity contribution in [1.29, 1.82) is 0 Å². The monoisotopic (exact) mass is 471 g/mol. The van der Waals surface area contributed by atoms with Gasteiger partial charge in [0.2, 0.25) is 0 Å². The van der Waals surface area contributed by atoms with Crippen LogP contribution in [0, 0.1) is 11.8 Å². The van der Waals surface area contributed by atoms with Gasteiger partial charge in [-0.3, -0.25) is 9.48 Å². The van der Waals surface area contributed by atoms with Gasteiger partial charge in [0.05, 0.1) is 36.4 Å². The van der Waals surface area contributed by atoms with Crippen molar-refractivity contribution in [2.24, 2.45) is 18.9 Å². The minimum atomic E-state index is -4.58. The molecule has 3 aromatic rings. The molecule has 3 aliphatic rings. The van der Waals surface area contributed by atoms with Crippen LogP contribution in [0.5, 0.6) is 0 Å². The van der Waals surface area contributed by atoms with E-state index in [1.54, 1.807) is 12.4 Å². The number of nitrogens with one attached hydrogen (secondary N) is 1. The van der Waals surface area contributed by atoms with Crippen LogP contribution in [0.1, 0.15) is 51.9 Å². The minimum absolute atomic E-state index is 0.0181. The lowest BCUT2D eigenvalue weighted by Crippen LogP contribution is -2.27. The number of halogens is 3. The molecule has 11 heteroatoms. The largest absolute Gasteiger partial charge is 0.433 e. The molecule has 0 aromatic carbocycles. The molecular weight excluding hydrogens is 447 g/mol. The highest BCUT2D eigenvalue weighted by molar-refractivity contribution is 5.94. The van der Waals surface area contributed by atoms with Crippen molar-refractivity contribution >= 4 is 11.7 Å². The second-order valence-corrected chi connectivity index (χ2v) is 9.51. The highest BCUT2D eigenvalue weighted by Crippen LogP contribution is 2.46. The molecule has 34 heavy (non-hydrogen) atoms. The number of aromatic nitrogens is 5. The summed E-state index contributed by atoms with van der Waals surface area (Å²) in [7, 11) is 1.92. The van der Waals surface area contributed by atoms with Crippen molar-refractivity contribution in [2.75, 3.05) is 18.0 Å². The maximum Gasteiger partial charge on any atom is 0.433 e. The molecule has 8 nitrogen and oxygen atoms in total. The van der Waals surface area contributed by atoms with Gasteiger partial charge >= 0.3 is 6.18 Å². The molecule has 0 radical (unpaired) electrons. The number of hydrogen-bond acceptors (Lipinski definition) is 5. The van der Waals surface area contributed by atoms with Crippen molar-refractivity contribution in [2.45, 2.75) is 38.0 Å². The number of anilines is 1. The fourth-order valence-corrected chi connectivity index (χ4v) is 5.22. The number of imidazole rings is 1. The Balaban J connectivity index is 1.18. The van der Waals surface area contributed by atoms with Gasteiger partial charge in [-0.05, 0) is 37.2 Å². The lowest BCUT2D eigenvalue weighted by molar-refractivity contribution is -0.141. The second kappa shape index (κ2) is 7.57. The van der Waals surface area contributed by atoms with Gasteiger partial charge in [0, 0.05) is 37.6 Å². The third-order valence-corrected chi connectivity index (χ3v) is 7.16. The molecule has 6 rings (SSSR count). The van der Waals surface area contributed by atoms with Crippen LogP contribution in [0.4, 0.5) is 19.0 Å². The molecule has 4 heterocycles. The number of pyridine rings is 1. The van der Waals surface area contributed by atoms with Crippen LogP contribution >= 0.6 is 0 Å². The Labute approximate surface area is 193 Å². The highest BCUT2D eigenvalue weighted by atomic mass is 19.4. The number of alkyl halides is 3. The highest BCUT2D eigenvalue weighted by Gasteiger charge is 2.46. The summed E-state index contributed by atoms with van der Waals surface area (Å²) >= 11 is 0. The van der Waals surface area contributed by atoms with Crippen LogP contribution in [-0.4, -0.2) is 43.3 Å². The van der Waals surface area contributed by atoms with E-state index in [9.17, 15) is 18.0 Å². The van der Waals surface area contributed by atoms with E-state index < -0.39 is 11.9 Å². The first-order valence-electron chi connectivity index (χ1n) is 11.4. The van der Waals surface area contributed by atoms with Crippen molar-refractivity contribution in [3.8, 4) is 0 Å². The molecule has 0 spiro atoms. The average molecular weight is 471 g/mol. The Morgan fingerprint density at radius 1 is 1.24 bits per heavy atom. The van der Waals surface area contributed by atoms with Gasteiger partial charge in [0.25, 0.3) is 5.91 Å². The van der Waals surface area contributed by atoms with Crippen molar-refractivity contribution < 1.29 is 18.0 Å². The van der Waals surface area contributed by atoms with Crippen molar-refractivity contribution in [3.05, 3.63) is 59.1 Å². The zero-order valence-corrected chi connectivity index (χ0v) is 18.6. The van der Waals surface area contributed by atoms with Crippen LogP contribution in [-0.2, 0) is 26.2 Å². The van der Waals surface area contributed by atoms with Crippen LogP contribution in [0.2, 0.25) is 0 Å². The Kier molecular flexibility index (Phi) is 4.72. The normalized spacial score (nSPS) is 23.2. The fourth-order valence-electron chi connectivity index (χ4n) is 5.22. The maximum atomic E-state index is 13.8. The van der Waals surface area contributed by atoms with Crippen molar-refractivity contribution in [1.82, 2.24) is 29.6 Å². The van der Waals surface area contributed by atoms with Crippen LogP contribution in [0.25, 0.3) is 0 Å². The second-order valence-electron chi connectivity index (χ2n) is 9.51. The predicted octanol–water partition coefficient (Wildman–Crippen LogP) is 2.95. The van der Waals surface area contributed by atoms with E-state index >= 15 is 0 Å². The fraction of sp³-hybridized carbons (Fsp3) is 0.478. The number of carbonyl (C=O) groups is 1. The first-order chi connectivity index (χ1) is 16.3. The standard InChI is InChI=1S/C23H24F3N7O/c1-31-12-27-20-17(3-4-18(20)31)29-22(34)16-7-28-33(11-16)10-13-2-5-19(30-21(13)23(24,25)26)32-8-14-6-15(14)9-32/h2,5,7,11-12,14-15,17H,3-4,6,8-10H2,1H3,(H,29,34)/t14?,15?,17-/m1/s1. The molecule has 0 bridgehead atoms. The predicted molar refractivity (Wildman–Crippen MR) is 116 cm³/mol. The molecule has 2 fully saturated rings. The SMILES string of the molecule is Cn1cnc2c1CC[C@H]2NC(=O)c1cnn(Cc2ccc(N3CC4CC4C3)nc2C(F)(F)F)c1. The number of carbonyl (C=O) groups excluding carboxylic acids is 1. The molecule has 3 atom stereocenters. The van der Waals surface area contributed by atoms with Gasteiger partial charge in [-0.1, -0.05) is 6.07 Å². The molecule has 2 unspecified atom stereocenters. The molecule has 1 aliphatic heterocycles. The summed E-state index contributed by atoms with van der Waals surface area (Å²) in [5.41, 5.74) is 1.37. The third-order valence-electron chi connectivity index (χ3n) is 7.16. The molecule has 178 valence electrons. The Morgan fingerprint density at radius 2 is 2.03 bits per heavy atom. The number of fused-ring (bicyclic) bond motifs is 2. The summed E-state index contributed by atoms with van der Waals surface area (Å²) in [6, 6.07) is 2.94. The summed E-state index contributed by atoms with van der Waals surface area (Å²) in [6.45, 7) is 1.41. The van der Waals surface area contributed by atoms with E-state index in [1.807, 2.05) is 16.5 Å². The van der Waals surface area contributed by atoms with Crippen LogP contribution < -0.4 is 10.2 Å². The zero-order valence-electron chi connectivity index (χ0n) is 18.6. The summed E-state index contributed by atoms with van der Waals surface area (Å²) in [6.07, 6.45) is 2.74. The smallest absolute Gasteiger partial charge is 0.356 e. The van der Waals surface area contributed by atoms with Crippen LogP contribution in [0.15, 0.2) is 30.9 Å². The molecule has 1 saturated carbocycles. The third kappa shape index (κ3) is 3.72. The summed E-state index contributed by atoms with van der Waals surface area (Å²) < 4.78 is 44.7. The van der Waals surface area contributed by atoms with E-state index in [-0.39, 0.29) is 24.1 Å². The zero-order chi connectivity index (χ0) is 23.6. The molecular formula is C23H24F3N7O. The summed E-state index contributed by atoms with van der Waals surface area (Å²) in [4.78, 5) is 23.0. The summed E-state index contributed by atoms with van der Waals surface area (Å²) in [5, 5.41) is 7.08. The Hall–Kier alpha value is -3.37. The van der Waals surface area contributed by atoms with Crippen LogP contribution in [0.3, 0.4) is 0 Å². The lowest BCUT2D eigenvalue weighted by atomic mass is 10.1. The van der Waals surface area contributed by atoms with Gasteiger partial charge in [-0.2, -0.15) is 18.3 Å². The first kappa shape index (κ1) is 21.2. The van der Waals surface area contributed by atoms with Gasteiger partial charge in [0.15, 0.2) is 5.69 Å². The van der Waals surface area contributed by atoms with E-state index in [0.29, 0.717) is 23.2 Å². The van der Waals surface area contributed by atoms with E-state index in [2.05, 4.69) is 20.4 Å². The number of hydrogen-bond donors (Lipinski definition) is 1. The minimum Gasteiger partial charge on any atom is -0.356 e. The van der Waals surface area contributed by atoms with Gasteiger partial charge < -0.3 is 14.8 Å². The number of nitrogens with zero attached hydrogens (tertiary/aromatic N) is 6. The first-order valence-corrected chi connectivity index (χ1v) is 11.4. The molecule has 2 aliphatic carbocycles. The molecule has 3 aromatic heterocycles. The van der Waals surface area contributed by atoms with E-state index in [4.69, 9.17) is 0 Å².